The molecule has 0 saturated heterocycles. The third-order valence-electron chi connectivity index (χ3n) is 2.86. The van der Waals surface area contributed by atoms with Crippen molar-refractivity contribution in [1.29, 1.82) is 0 Å². The standard InChI is InChI=1S/C13H14N6/c1-13(2,14)12-11-6-5-10(17-19(11)18-16-12)9-4-3-7-15-8-9/h3-8H,14H2,1-2H3. The first-order chi connectivity index (χ1) is 9.05. The molecule has 0 amide bonds. The van der Waals surface area contributed by atoms with Crippen molar-refractivity contribution in [3.05, 3.63) is 42.4 Å². The van der Waals surface area contributed by atoms with Crippen LogP contribution in [0, 0.1) is 0 Å². The van der Waals surface area contributed by atoms with Crippen molar-refractivity contribution >= 4 is 5.52 Å². The number of fused-ring (bicyclic) bond motifs is 1. The van der Waals surface area contributed by atoms with Gasteiger partial charge < -0.3 is 5.73 Å². The maximum Gasteiger partial charge on any atom is 0.113 e. The van der Waals surface area contributed by atoms with Crippen LogP contribution in [-0.2, 0) is 5.54 Å². The van der Waals surface area contributed by atoms with Gasteiger partial charge in [-0.15, -0.1) is 14.8 Å². The minimum atomic E-state index is -0.542. The van der Waals surface area contributed by atoms with Crippen LogP contribution in [0.1, 0.15) is 19.5 Å². The van der Waals surface area contributed by atoms with E-state index in [-0.39, 0.29) is 0 Å². The molecule has 6 nitrogen and oxygen atoms in total. The van der Waals surface area contributed by atoms with Crippen LogP contribution in [-0.4, -0.2) is 25.0 Å². The van der Waals surface area contributed by atoms with E-state index in [0.717, 1.165) is 22.5 Å². The molecular weight excluding hydrogens is 240 g/mol. The normalized spacial score (nSPS) is 11.9. The Kier molecular flexibility index (Phi) is 2.53. The predicted molar refractivity (Wildman–Crippen MR) is 71.2 cm³/mol. The van der Waals surface area contributed by atoms with Crippen molar-refractivity contribution in [3.8, 4) is 11.3 Å². The zero-order valence-electron chi connectivity index (χ0n) is 10.8. The van der Waals surface area contributed by atoms with Gasteiger partial charge in [0.25, 0.3) is 0 Å². The van der Waals surface area contributed by atoms with Gasteiger partial charge in [0.05, 0.1) is 11.2 Å². The lowest BCUT2D eigenvalue weighted by Crippen LogP contribution is -2.29. The average molecular weight is 254 g/mol. The molecular formula is C13H14N6. The van der Waals surface area contributed by atoms with Crippen LogP contribution in [0.25, 0.3) is 16.8 Å². The predicted octanol–water partition coefficient (Wildman–Crippen LogP) is 1.38. The van der Waals surface area contributed by atoms with Gasteiger partial charge in [0, 0.05) is 18.0 Å². The molecule has 3 aromatic heterocycles. The molecule has 96 valence electrons. The van der Waals surface area contributed by atoms with Gasteiger partial charge in [-0.3, -0.25) is 4.98 Å². The Balaban J connectivity index is 2.14. The van der Waals surface area contributed by atoms with E-state index < -0.39 is 5.54 Å². The number of rotatable bonds is 2. The van der Waals surface area contributed by atoms with E-state index >= 15 is 0 Å². The van der Waals surface area contributed by atoms with Crippen LogP contribution in [0.2, 0.25) is 0 Å². The molecule has 0 radical (unpaired) electrons. The molecule has 19 heavy (non-hydrogen) atoms. The van der Waals surface area contributed by atoms with Crippen molar-refractivity contribution in [1.82, 2.24) is 25.0 Å². The second-order valence-corrected chi connectivity index (χ2v) is 4.99. The van der Waals surface area contributed by atoms with Gasteiger partial charge in [-0.25, -0.2) is 0 Å². The van der Waals surface area contributed by atoms with E-state index in [1.54, 1.807) is 12.4 Å². The number of nitrogens with zero attached hydrogens (tertiary/aromatic N) is 5. The Labute approximate surface area is 110 Å². The summed E-state index contributed by atoms with van der Waals surface area (Å²) in [5.41, 5.74) is 8.81. The molecule has 0 aromatic carbocycles. The molecule has 2 N–H and O–H groups in total. The van der Waals surface area contributed by atoms with Gasteiger partial charge in [0.15, 0.2) is 0 Å². The maximum absolute atomic E-state index is 6.06. The highest BCUT2D eigenvalue weighted by atomic mass is 15.5. The third kappa shape index (κ3) is 2.06. The molecule has 0 aliphatic heterocycles. The lowest BCUT2D eigenvalue weighted by atomic mass is 10.0. The molecule has 0 saturated carbocycles. The summed E-state index contributed by atoms with van der Waals surface area (Å²) in [4.78, 5) is 4.08. The third-order valence-corrected chi connectivity index (χ3v) is 2.86. The Morgan fingerprint density at radius 2 is 2.05 bits per heavy atom. The number of pyridine rings is 1. The first-order valence-corrected chi connectivity index (χ1v) is 5.98. The van der Waals surface area contributed by atoms with Crippen LogP contribution in [0.15, 0.2) is 36.7 Å². The zero-order chi connectivity index (χ0) is 13.5. The quantitative estimate of drug-likeness (QED) is 0.747. The molecule has 0 spiro atoms. The van der Waals surface area contributed by atoms with Gasteiger partial charge in [-0.05, 0) is 43.3 Å². The molecule has 0 bridgehead atoms. The highest BCUT2D eigenvalue weighted by Crippen LogP contribution is 2.21. The average Bonchev–Trinajstić information content (AvgIpc) is 2.82. The maximum atomic E-state index is 6.06. The zero-order valence-corrected chi connectivity index (χ0v) is 10.8. The molecule has 0 atom stereocenters. The highest BCUT2D eigenvalue weighted by Gasteiger charge is 2.22. The van der Waals surface area contributed by atoms with Gasteiger partial charge in [-0.1, -0.05) is 0 Å². The molecule has 3 heterocycles. The molecule has 0 fully saturated rings. The van der Waals surface area contributed by atoms with E-state index in [1.165, 1.54) is 4.63 Å². The van der Waals surface area contributed by atoms with E-state index in [9.17, 15) is 0 Å². The topological polar surface area (TPSA) is 82.0 Å². The van der Waals surface area contributed by atoms with Gasteiger partial charge in [-0.2, -0.15) is 0 Å². The lowest BCUT2D eigenvalue weighted by Gasteiger charge is -2.14. The number of hydrogen-bond donors (Lipinski definition) is 1. The first kappa shape index (κ1) is 11.7. The number of hydrogen-bond acceptors (Lipinski definition) is 5. The van der Waals surface area contributed by atoms with Crippen molar-refractivity contribution < 1.29 is 0 Å². The summed E-state index contributed by atoms with van der Waals surface area (Å²) in [6.07, 6.45) is 3.49. The van der Waals surface area contributed by atoms with Crippen LogP contribution in [0.3, 0.4) is 0 Å². The summed E-state index contributed by atoms with van der Waals surface area (Å²) in [6.45, 7) is 3.79. The molecule has 0 aliphatic rings. The van der Waals surface area contributed by atoms with Gasteiger partial charge in [0.2, 0.25) is 0 Å². The van der Waals surface area contributed by atoms with Crippen LogP contribution >= 0.6 is 0 Å². The molecule has 3 aromatic rings. The van der Waals surface area contributed by atoms with Crippen molar-refractivity contribution in [2.75, 3.05) is 0 Å². The summed E-state index contributed by atoms with van der Waals surface area (Å²) in [5, 5.41) is 12.6. The SMILES string of the molecule is CC(C)(N)c1nnn2nc(-c3cccnc3)ccc12. The summed E-state index contributed by atoms with van der Waals surface area (Å²) in [6, 6.07) is 7.67. The smallest absolute Gasteiger partial charge is 0.113 e. The molecule has 3 rings (SSSR count). The monoisotopic (exact) mass is 254 g/mol. The lowest BCUT2D eigenvalue weighted by molar-refractivity contribution is 0.537. The number of aromatic nitrogens is 5. The molecule has 6 heteroatoms. The van der Waals surface area contributed by atoms with Crippen LogP contribution in [0.4, 0.5) is 0 Å². The Hall–Kier alpha value is -2.34. The fourth-order valence-corrected chi connectivity index (χ4v) is 1.92. The Bertz CT molecular complexity index is 711. The Morgan fingerprint density at radius 3 is 2.74 bits per heavy atom. The highest BCUT2D eigenvalue weighted by molar-refractivity contribution is 5.61. The molecule has 0 unspecified atom stereocenters. The van der Waals surface area contributed by atoms with Gasteiger partial charge >= 0.3 is 0 Å². The van der Waals surface area contributed by atoms with E-state index in [4.69, 9.17) is 5.73 Å². The van der Waals surface area contributed by atoms with Gasteiger partial charge in [0.1, 0.15) is 11.2 Å². The fourth-order valence-electron chi connectivity index (χ4n) is 1.92. The fraction of sp³-hybridized carbons (Fsp3) is 0.231. The van der Waals surface area contributed by atoms with E-state index in [0.29, 0.717) is 0 Å². The largest absolute Gasteiger partial charge is 0.320 e. The minimum Gasteiger partial charge on any atom is -0.320 e. The van der Waals surface area contributed by atoms with E-state index in [2.05, 4.69) is 20.4 Å². The minimum absolute atomic E-state index is 0.542. The second kappa shape index (κ2) is 4.10. The summed E-state index contributed by atoms with van der Waals surface area (Å²) in [7, 11) is 0. The Morgan fingerprint density at radius 1 is 1.21 bits per heavy atom. The molecule has 0 aliphatic carbocycles. The second-order valence-electron chi connectivity index (χ2n) is 4.99. The first-order valence-electron chi connectivity index (χ1n) is 5.98. The summed E-state index contributed by atoms with van der Waals surface area (Å²) in [5.74, 6) is 0. The van der Waals surface area contributed by atoms with Crippen LogP contribution in [0.5, 0.6) is 0 Å². The number of nitrogens with two attached hydrogens (primary N) is 1. The van der Waals surface area contributed by atoms with Crippen molar-refractivity contribution in [2.24, 2.45) is 5.73 Å². The van der Waals surface area contributed by atoms with Crippen molar-refractivity contribution in [2.45, 2.75) is 19.4 Å². The summed E-state index contributed by atoms with van der Waals surface area (Å²) >= 11 is 0. The summed E-state index contributed by atoms with van der Waals surface area (Å²) < 4.78 is 1.51. The van der Waals surface area contributed by atoms with E-state index in [1.807, 2.05) is 38.1 Å². The van der Waals surface area contributed by atoms with Crippen LogP contribution < -0.4 is 5.73 Å². The van der Waals surface area contributed by atoms with Crippen molar-refractivity contribution in [3.63, 3.8) is 0 Å².